The molecule has 6 nitrogen and oxygen atoms in total. The zero-order valence-corrected chi connectivity index (χ0v) is 17.8. The number of hydrogen-bond acceptors (Lipinski definition) is 5. The van der Waals surface area contributed by atoms with Gasteiger partial charge in [-0.1, -0.05) is 53.3 Å². The van der Waals surface area contributed by atoms with Crippen LogP contribution in [0.5, 0.6) is 5.75 Å². The van der Waals surface area contributed by atoms with Gasteiger partial charge in [0.25, 0.3) is 5.56 Å². The molecule has 0 fully saturated rings. The molecular formula is C22H18ClN3O3S. The van der Waals surface area contributed by atoms with E-state index in [0.29, 0.717) is 25.6 Å². The van der Waals surface area contributed by atoms with E-state index < -0.39 is 11.9 Å². The Balaban J connectivity index is 1.96. The van der Waals surface area contributed by atoms with E-state index in [-0.39, 0.29) is 11.1 Å². The molecule has 0 saturated heterocycles. The molecule has 0 aliphatic carbocycles. The Bertz CT molecular complexity index is 1350. The number of thiazole rings is 1. The number of aromatic nitrogens is 1. The lowest BCUT2D eigenvalue weighted by molar-refractivity contribution is -0.115. The van der Waals surface area contributed by atoms with Crippen molar-refractivity contribution in [2.45, 2.75) is 13.0 Å². The summed E-state index contributed by atoms with van der Waals surface area (Å²) in [5.74, 6) is 0.0969. The van der Waals surface area contributed by atoms with E-state index in [1.807, 2.05) is 30.3 Å². The lowest BCUT2D eigenvalue weighted by Crippen LogP contribution is -2.40. The smallest absolute Gasteiger partial charge is 0.271 e. The van der Waals surface area contributed by atoms with Gasteiger partial charge in [-0.25, -0.2) is 4.99 Å². The zero-order valence-electron chi connectivity index (χ0n) is 16.3. The number of benzene rings is 2. The molecule has 1 atom stereocenters. The van der Waals surface area contributed by atoms with Crippen LogP contribution >= 0.6 is 22.9 Å². The quantitative estimate of drug-likeness (QED) is 0.677. The summed E-state index contributed by atoms with van der Waals surface area (Å²) in [6.45, 7) is 1.71. The molecule has 30 heavy (non-hydrogen) atoms. The van der Waals surface area contributed by atoms with Crippen molar-refractivity contribution in [2.24, 2.45) is 10.7 Å². The minimum Gasteiger partial charge on any atom is -0.497 e. The van der Waals surface area contributed by atoms with Gasteiger partial charge in [0.1, 0.15) is 5.75 Å². The second-order valence-electron chi connectivity index (χ2n) is 6.74. The van der Waals surface area contributed by atoms with E-state index in [2.05, 4.69) is 4.99 Å². The van der Waals surface area contributed by atoms with Gasteiger partial charge in [0.05, 0.1) is 29.0 Å². The lowest BCUT2D eigenvalue weighted by Gasteiger charge is -2.24. The number of nitrogens with two attached hydrogens (primary N) is 1. The van der Waals surface area contributed by atoms with Crippen molar-refractivity contribution in [3.05, 3.63) is 95.6 Å². The molecule has 0 saturated carbocycles. The molecule has 1 unspecified atom stereocenters. The van der Waals surface area contributed by atoms with Crippen molar-refractivity contribution in [3.8, 4) is 5.75 Å². The van der Waals surface area contributed by atoms with Gasteiger partial charge in [-0.05, 0) is 42.3 Å². The zero-order chi connectivity index (χ0) is 21.4. The number of fused-ring (bicyclic) bond motifs is 1. The summed E-state index contributed by atoms with van der Waals surface area (Å²) >= 11 is 7.68. The fourth-order valence-corrected chi connectivity index (χ4v) is 4.76. The molecule has 2 N–H and O–H groups in total. The van der Waals surface area contributed by atoms with E-state index >= 15 is 0 Å². The SMILES string of the molecule is COc1ccc(C=c2sc3n(c2=O)C(c2ccccc2Cl)C(C(N)=O)=C(C)N=3)cc1. The fraction of sp³-hybridized carbons (Fsp3) is 0.136. The van der Waals surface area contributed by atoms with Gasteiger partial charge in [0.2, 0.25) is 5.91 Å². The lowest BCUT2D eigenvalue weighted by atomic mass is 9.95. The molecular weight excluding hydrogens is 422 g/mol. The van der Waals surface area contributed by atoms with E-state index in [9.17, 15) is 9.59 Å². The van der Waals surface area contributed by atoms with Gasteiger partial charge in [-0.2, -0.15) is 0 Å². The summed E-state index contributed by atoms with van der Waals surface area (Å²) in [6, 6.07) is 13.8. The number of rotatable bonds is 4. The minimum absolute atomic E-state index is 0.256. The molecule has 1 aliphatic rings. The minimum atomic E-state index is -0.731. The maximum atomic E-state index is 13.4. The van der Waals surface area contributed by atoms with Crippen molar-refractivity contribution in [2.75, 3.05) is 7.11 Å². The first-order valence-electron chi connectivity index (χ1n) is 9.11. The molecule has 1 amide bonds. The Morgan fingerprint density at radius 2 is 1.93 bits per heavy atom. The second kappa shape index (κ2) is 7.93. The van der Waals surface area contributed by atoms with E-state index in [1.54, 1.807) is 38.3 Å². The predicted molar refractivity (Wildman–Crippen MR) is 117 cm³/mol. The summed E-state index contributed by atoms with van der Waals surface area (Å²) in [4.78, 5) is 30.6. The third-order valence-corrected chi connectivity index (χ3v) is 6.23. The van der Waals surface area contributed by atoms with Crippen LogP contribution < -0.4 is 25.4 Å². The van der Waals surface area contributed by atoms with Gasteiger partial charge < -0.3 is 10.5 Å². The predicted octanol–water partition coefficient (Wildman–Crippen LogP) is 2.38. The Morgan fingerprint density at radius 3 is 2.57 bits per heavy atom. The van der Waals surface area contributed by atoms with Crippen LogP contribution in [0.2, 0.25) is 5.02 Å². The number of allylic oxidation sites excluding steroid dienone is 1. The van der Waals surface area contributed by atoms with Crippen LogP contribution in [-0.2, 0) is 4.79 Å². The van der Waals surface area contributed by atoms with Crippen molar-refractivity contribution in [1.29, 1.82) is 0 Å². The van der Waals surface area contributed by atoms with Gasteiger partial charge >= 0.3 is 0 Å². The highest BCUT2D eigenvalue weighted by molar-refractivity contribution is 7.07. The van der Waals surface area contributed by atoms with Crippen LogP contribution in [-0.4, -0.2) is 17.6 Å². The normalized spacial score (nSPS) is 16.2. The molecule has 1 aromatic heterocycles. The van der Waals surface area contributed by atoms with E-state index in [0.717, 1.165) is 11.3 Å². The molecule has 4 rings (SSSR count). The van der Waals surface area contributed by atoms with Crippen molar-refractivity contribution >= 4 is 34.9 Å². The molecule has 1 aliphatic heterocycles. The molecule has 0 bridgehead atoms. The number of amides is 1. The molecule has 0 spiro atoms. The van der Waals surface area contributed by atoms with Crippen molar-refractivity contribution in [3.63, 3.8) is 0 Å². The Morgan fingerprint density at radius 1 is 1.23 bits per heavy atom. The fourth-order valence-electron chi connectivity index (χ4n) is 3.48. The topological polar surface area (TPSA) is 86.7 Å². The van der Waals surface area contributed by atoms with Crippen LogP contribution in [0.3, 0.4) is 0 Å². The van der Waals surface area contributed by atoms with Crippen LogP contribution in [0.15, 0.2) is 69.6 Å². The number of carbonyl (C=O) groups excluding carboxylic acids is 1. The third kappa shape index (κ3) is 3.46. The number of carbonyl (C=O) groups is 1. The average Bonchev–Trinajstić information content (AvgIpc) is 3.02. The number of methoxy groups -OCH3 is 1. The second-order valence-corrected chi connectivity index (χ2v) is 8.16. The first-order valence-corrected chi connectivity index (χ1v) is 10.3. The first kappa shape index (κ1) is 20.1. The summed E-state index contributed by atoms with van der Waals surface area (Å²) in [5.41, 5.74) is 7.62. The third-order valence-electron chi connectivity index (χ3n) is 4.90. The number of halogens is 1. The maximum Gasteiger partial charge on any atom is 0.271 e. The standard InChI is InChI=1S/C22H18ClN3O3S/c1-12-18(20(24)27)19(15-5-3-4-6-16(15)23)26-21(28)17(30-22(26)25-12)11-13-7-9-14(29-2)10-8-13/h3-11,19H,1-2H3,(H2,24,27). The highest BCUT2D eigenvalue weighted by atomic mass is 35.5. The summed E-state index contributed by atoms with van der Waals surface area (Å²) in [7, 11) is 1.60. The Kier molecular flexibility index (Phi) is 5.32. The van der Waals surface area contributed by atoms with Crippen molar-refractivity contribution < 1.29 is 9.53 Å². The molecule has 2 heterocycles. The van der Waals surface area contributed by atoms with Crippen LogP contribution in [0.25, 0.3) is 6.08 Å². The molecule has 0 radical (unpaired) electrons. The number of hydrogen-bond donors (Lipinski definition) is 1. The maximum absolute atomic E-state index is 13.4. The number of nitrogens with zero attached hydrogens (tertiary/aromatic N) is 2. The molecule has 2 aromatic carbocycles. The van der Waals surface area contributed by atoms with Gasteiger partial charge in [0, 0.05) is 5.02 Å². The van der Waals surface area contributed by atoms with Gasteiger partial charge in [0.15, 0.2) is 4.80 Å². The van der Waals surface area contributed by atoms with Gasteiger partial charge in [-0.3, -0.25) is 14.2 Å². The van der Waals surface area contributed by atoms with E-state index in [4.69, 9.17) is 22.1 Å². The summed E-state index contributed by atoms with van der Waals surface area (Å²) in [6.07, 6.45) is 1.79. The Labute approximate surface area is 181 Å². The van der Waals surface area contributed by atoms with Crippen LogP contribution in [0.4, 0.5) is 0 Å². The number of ether oxygens (including phenoxy) is 1. The van der Waals surface area contributed by atoms with Gasteiger partial charge in [-0.15, -0.1) is 0 Å². The van der Waals surface area contributed by atoms with Crippen LogP contribution in [0, 0.1) is 0 Å². The Hall–Kier alpha value is -3.16. The highest BCUT2D eigenvalue weighted by Crippen LogP contribution is 2.33. The largest absolute Gasteiger partial charge is 0.497 e. The van der Waals surface area contributed by atoms with E-state index in [1.165, 1.54) is 15.9 Å². The van der Waals surface area contributed by atoms with Crippen LogP contribution in [0.1, 0.15) is 24.1 Å². The summed E-state index contributed by atoms with van der Waals surface area (Å²) < 4.78 is 7.17. The first-order chi connectivity index (χ1) is 14.4. The average molecular weight is 440 g/mol. The van der Waals surface area contributed by atoms with Crippen molar-refractivity contribution in [1.82, 2.24) is 4.57 Å². The molecule has 152 valence electrons. The summed E-state index contributed by atoms with van der Waals surface area (Å²) in [5, 5.41) is 0.445. The number of primary amides is 1. The molecule has 3 aromatic rings. The molecule has 8 heteroatoms. The highest BCUT2D eigenvalue weighted by Gasteiger charge is 2.32. The monoisotopic (exact) mass is 439 g/mol.